The maximum Gasteiger partial charge on any atom is 0.332 e. The highest BCUT2D eigenvalue weighted by molar-refractivity contribution is 7.54. The van der Waals surface area contributed by atoms with E-state index in [0.717, 1.165) is 74.1 Å². The predicted octanol–water partition coefficient (Wildman–Crippen LogP) is 5.52. The van der Waals surface area contributed by atoms with Crippen LogP contribution in [0.25, 0.3) is 10.8 Å². The quantitative estimate of drug-likeness (QED) is 0.234. The number of benzene rings is 1. The molecule has 3 fully saturated rings. The van der Waals surface area contributed by atoms with Crippen LogP contribution in [0, 0.1) is 17.8 Å². The van der Waals surface area contributed by atoms with Crippen LogP contribution >= 0.6 is 7.60 Å². The molecule has 0 radical (unpaired) electrons. The smallest absolute Gasteiger partial charge is 0.332 e. The van der Waals surface area contributed by atoms with E-state index in [1.807, 2.05) is 12.1 Å². The summed E-state index contributed by atoms with van der Waals surface area (Å²) in [5.74, 6) is -1.80. The highest BCUT2D eigenvalue weighted by atomic mass is 31.2. The number of fused-ring (bicyclic) bond motifs is 3. The molecule has 2 aromatic rings. The van der Waals surface area contributed by atoms with Crippen molar-refractivity contribution in [3.05, 3.63) is 48.7 Å². The van der Waals surface area contributed by atoms with Gasteiger partial charge < -0.3 is 24.2 Å². The highest BCUT2D eigenvalue weighted by Gasteiger charge is 2.65. The number of rotatable bonds is 6. The third kappa shape index (κ3) is 6.80. The summed E-state index contributed by atoms with van der Waals surface area (Å²) in [5.41, 5.74) is 1.14. The molecule has 248 valence electrons. The minimum absolute atomic E-state index is 0.0108. The lowest BCUT2D eigenvalue weighted by molar-refractivity contribution is -0.152. The zero-order valence-electron chi connectivity index (χ0n) is 26.4. The number of pyridine rings is 1. The van der Waals surface area contributed by atoms with E-state index in [-0.39, 0.29) is 44.1 Å². The van der Waals surface area contributed by atoms with Gasteiger partial charge in [-0.3, -0.25) is 18.9 Å². The number of hydrogen-bond donors (Lipinski definition) is 2. The Balaban J connectivity index is 1.35. The fraction of sp³-hybridized carbons (Fsp3) is 0.600. The molecule has 2 aliphatic heterocycles. The van der Waals surface area contributed by atoms with E-state index < -0.39 is 48.5 Å². The topological polar surface area (TPSA) is 143 Å². The number of ketones is 1. The van der Waals surface area contributed by atoms with Gasteiger partial charge in [-0.2, -0.15) is 0 Å². The predicted molar refractivity (Wildman–Crippen MR) is 172 cm³/mol. The third-order valence-corrected chi connectivity index (χ3v) is 12.6. The molecule has 46 heavy (non-hydrogen) atoms. The van der Waals surface area contributed by atoms with Crippen molar-refractivity contribution in [2.75, 3.05) is 13.2 Å². The van der Waals surface area contributed by atoms with Gasteiger partial charge in [-0.25, -0.2) is 4.98 Å². The normalized spacial score (nSPS) is 29.9. The molecule has 1 aromatic heterocycles. The zero-order chi connectivity index (χ0) is 32.5. The average molecular weight is 653 g/mol. The molecule has 11 heteroatoms. The summed E-state index contributed by atoms with van der Waals surface area (Å²) >= 11 is 0. The fourth-order valence-electron chi connectivity index (χ4n) is 7.95. The highest BCUT2D eigenvalue weighted by Crippen LogP contribution is 2.71. The van der Waals surface area contributed by atoms with Crippen LogP contribution in [0.15, 0.2) is 43.1 Å². The number of Topliss-reactive ketones (excluding diaryl/α,β-unsaturated/α-hetero) is 1. The van der Waals surface area contributed by atoms with Gasteiger partial charge >= 0.3 is 13.6 Å². The van der Waals surface area contributed by atoms with Crippen LogP contribution in [0.4, 0.5) is 0 Å². The van der Waals surface area contributed by atoms with Gasteiger partial charge in [-0.1, -0.05) is 37.5 Å². The van der Waals surface area contributed by atoms with Crippen molar-refractivity contribution in [2.24, 2.45) is 17.8 Å². The van der Waals surface area contributed by atoms with Gasteiger partial charge in [0.1, 0.15) is 6.10 Å². The Bertz CT molecular complexity index is 1530. The molecule has 6 rings (SSSR count). The number of hydrogen-bond acceptors (Lipinski definition) is 7. The number of allylic oxidation sites excluding steroid dienone is 1. The Hall–Kier alpha value is -3.07. The van der Waals surface area contributed by atoms with E-state index in [2.05, 4.69) is 23.7 Å². The number of esters is 1. The van der Waals surface area contributed by atoms with Crippen LogP contribution in [0.5, 0.6) is 5.88 Å². The molecular formula is C35H45N2O8P. The molecule has 4 aliphatic rings. The molecule has 1 amide bonds. The zero-order valence-corrected chi connectivity index (χ0v) is 27.2. The maximum absolute atomic E-state index is 14.5. The number of nitrogens with zero attached hydrogens (tertiary/aromatic N) is 2. The van der Waals surface area contributed by atoms with Crippen molar-refractivity contribution >= 4 is 36.0 Å². The monoisotopic (exact) mass is 652 g/mol. The van der Waals surface area contributed by atoms with Gasteiger partial charge in [0, 0.05) is 24.4 Å². The van der Waals surface area contributed by atoms with E-state index in [0.29, 0.717) is 12.5 Å². The standard InChI is InChI=1S/C35H45N2O8P/c1-2-26-20-35(26,46(41,42)43)21-31(38)30-18-27-22-37(30)34(40)29(24-10-6-3-7-11-24)19-32(39)44-16-8-4-5-9-23-12-13-25-14-15-36-33(45-27)28(25)17-23/h2,12-15,17,24,26-27,29-30H,1,3-11,16,18-22H2,(H2,41,42,43)/t26?,27-,29+,30+,35?/m1/s1. The molecule has 4 bridgehead atoms. The van der Waals surface area contributed by atoms with Gasteiger partial charge in [-0.15, -0.1) is 6.58 Å². The van der Waals surface area contributed by atoms with Crippen molar-refractivity contribution in [1.82, 2.24) is 9.88 Å². The molecule has 5 atom stereocenters. The number of aromatic nitrogens is 1. The van der Waals surface area contributed by atoms with Gasteiger partial charge in [0.2, 0.25) is 11.8 Å². The molecule has 10 nitrogen and oxygen atoms in total. The third-order valence-electron chi connectivity index (χ3n) is 10.7. The Labute approximate surface area is 270 Å². The SMILES string of the molecule is C=CC1CC1(CC(=O)[C@@H]1C[C@@H]2CN1C(=O)[C@H](C1CCCCC1)CC(=O)OCCCCCc1ccc3ccnc(c3c1)O2)P(=O)(O)O. The molecule has 2 saturated carbocycles. The van der Waals surface area contributed by atoms with Crippen LogP contribution in [0.2, 0.25) is 0 Å². The number of carbonyl (C=O) groups is 3. The molecule has 1 aromatic carbocycles. The van der Waals surface area contributed by atoms with Gasteiger partial charge in [0.05, 0.1) is 36.7 Å². The average Bonchev–Trinajstić information content (AvgIpc) is 3.62. The Morgan fingerprint density at radius 2 is 1.89 bits per heavy atom. The van der Waals surface area contributed by atoms with Crippen molar-refractivity contribution in [3.63, 3.8) is 0 Å². The van der Waals surface area contributed by atoms with Crippen molar-refractivity contribution < 1.29 is 38.2 Å². The second-order valence-electron chi connectivity index (χ2n) is 13.7. The summed E-state index contributed by atoms with van der Waals surface area (Å²) in [6.07, 6.45) is 10.6. The molecular weight excluding hydrogens is 607 g/mol. The van der Waals surface area contributed by atoms with Gasteiger partial charge in [0.15, 0.2) is 5.78 Å². The lowest BCUT2D eigenvalue weighted by atomic mass is 9.77. The van der Waals surface area contributed by atoms with Gasteiger partial charge in [-0.05, 0) is 79.9 Å². The molecule has 2 aliphatic carbocycles. The van der Waals surface area contributed by atoms with Crippen LogP contribution in [0.1, 0.15) is 82.6 Å². The molecule has 1 saturated heterocycles. The van der Waals surface area contributed by atoms with Crippen molar-refractivity contribution in [3.8, 4) is 5.88 Å². The summed E-state index contributed by atoms with van der Waals surface area (Å²) < 4.78 is 24.7. The first-order valence-electron chi connectivity index (χ1n) is 16.8. The summed E-state index contributed by atoms with van der Waals surface area (Å²) in [5, 5.41) is 0.333. The van der Waals surface area contributed by atoms with E-state index in [4.69, 9.17) is 9.47 Å². The molecule has 0 spiro atoms. The summed E-state index contributed by atoms with van der Waals surface area (Å²) in [7, 11) is -4.64. The van der Waals surface area contributed by atoms with Crippen molar-refractivity contribution in [2.45, 2.75) is 101 Å². The first kappa shape index (κ1) is 32.9. The fourth-order valence-corrected chi connectivity index (χ4v) is 9.28. The van der Waals surface area contributed by atoms with Gasteiger partial charge in [0.25, 0.3) is 0 Å². The minimum Gasteiger partial charge on any atom is -0.472 e. The number of carbonyl (C=O) groups excluding carboxylic acids is 3. The second kappa shape index (κ2) is 13.6. The van der Waals surface area contributed by atoms with E-state index >= 15 is 0 Å². The lowest BCUT2D eigenvalue weighted by Gasteiger charge is -2.34. The number of ether oxygens (including phenoxy) is 2. The van der Waals surface area contributed by atoms with Crippen molar-refractivity contribution in [1.29, 1.82) is 0 Å². The number of aryl methyl sites for hydroxylation is 1. The van der Waals surface area contributed by atoms with Crippen LogP contribution in [-0.4, -0.2) is 67.8 Å². The number of cyclic esters (lactones) is 1. The molecule has 3 heterocycles. The first-order valence-corrected chi connectivity index (χ1v) is 18.4. The van der Waals surface area contributed by atoms with Crippen LogP contribution in [-0.2, 0) is 30.1 Å². The minimum atomic E-state index is -4.64. The van der Waals surface area contributed by atoms with E-state index in [1.54, 1.807) is 6.20 Å². The van der Waals surface area contributed by atoms with E-state index in [1.165, 1.54) is 11.0 Å². The molecule has 2 unspecified atom stereocenters. The second-order valence-corrected chi connectivity index (χ2v) is 15.7. The number of amides is 1. The Morgan fingerprint density at radius 3 is 2.63 bits per heavy atom. The Morgan fingerprint density at radius 1 is 1.11 bits per heavy atom. The summed E-state index contributed by atoms with van der Waals surface area (Å²) in [6, 6.07) is 7.18. The van der Waals surface area contributed by atoms with Crippen LogP contribution < -0.4 is 4.74 Å². The van der Waals surface area contributed by atoms with E-state index in [9.17, 15) is 28.7 Å². The van der Waals surface area contributed by atoms with Crippen LogP contribution in [0.3, 0.4) is 0 Å². The largest absolute Gasteiger partial charge is 0.472 e. The molecule has 2 N–H and O–H groups in total. The first-order chi connectivity index (χ1) is 22.1. The summed E-state index contributed by atoms with van der Waals surface area (Å²) in [6.45, 7) is 4.12. The summed E-state index contributed by atoms with van der Waals surface area (Å²) in [4.78, 5) is 68.2. The maximum atomic E-state index is 14.5. The Kier molecular flexibility index (Phi) is 9.70. The lowest BCUT2D eigenvalue weighted by Crippen LogP contribution is -2.47.